The molecule has 1 saturated carbocycles. The Morgan fingerprint density at radius 2 is 2.08 bits per heavy atom. The monoisotopic (exact) mass is 325 g/mol. The predicted molar refractivity (Wildman–Crippen MR) is 90.8 cm³/mol. The van der Waals surface area contributed by atoms with Gasteiger partial charge in [0.1, 0.15) is 5.82 Å². The van der Waals surface area contributed by atoms with Crippen LogP contribution in [0, 0.1) is 11.7 Å². The first-order valence-corrected chi connectivity index (χ1v) is 8.40. The van der Waals surface area contributed by atoms with Crippen molar-refractivity contribution in [3.8, 4) is 11.3 Å². The van der Waals surface area contributed by atoms with Gasteiger partial charge in [0.25, 0.3) is 0 Å². The maximum absolute atomic E-state index is 13.4. The summed E-state index contributed by atoms with van der Waals surface area (Å²) in [7, 11) is 0. The lowest BCUT2D eigenvalue weighted by Crippen LogP contribution is -2.27. The predicted octanol–water partition coefficient (Wildman–Crippen LogP) is 3.32. The van der Waals surface area contributed by atoms with Crippen LogP contribution >= 0.6 is 0 Å². The number of benzene rings is 1. The van der Waals surface area contributed by atoms with Gasteiger partial charge in [0, 0.05) is 17.8 Å². The molecular weight excluding hydrogens is 305 g/mol. The second-order valence-electron chi connectivity index (χ2n) is 6.52. The molecule has 1 fully saturated rings. The van der Waals surface area contributed by atoms with Crippen LogP contribution in [0.5, 0.6) is 0 Å². The summed E-state index contributed by atoms with van der Waals surface area (Å²) in [6.45, 7) is 0.772. The highest BCUT2D eigenvalue weighted by molar-refractivity contribution is 5.76. The molecule has 1 aliphatic carbocycles. The molecule has 1 aliphatic rings. The molecule has 6 heteroatoms. The van der Waals surface area contributed by atoms with E-state index in [1.54, 1.807) is 12.3 Å². The number of fused-ring (bicyclic) bond motifs is 1. The van der Waals surface area contributed by atoms with Gasteiger partial charge in [0.2, 0.25) is 0 Å². The highest BCUT2D eigenvalue weighted by atomic mass is 19.1. The molecule has 3 aromatic rings. The molecule has 0 saturated heterocycles. The maximum atomic E-state index is 13.4. The Labute approximate surface area is 139 Å². The van der Waals surface area contributed by atoms with E-state index in [2.05, 4.69) is 15.1 Å². The number of rotatable bonds is 5. The van der Waals surface area contributed by atoms with Crippen LogP contribution in [-0.4, -0.2) is 26.3 Å². The smallest absolute Gasteiger partial charge is 0.125 e. The molecule has 5 nitrogen and oxygen atoms in total. The lowest BCUT2D eigenvalue weighted by Gasteiger charge is -2.35. The third-order valence-corrected chi connectivity index (χ3v) is 4.80. The van der Waals surface area contributed by atoms with Crippen molar-refractivity contribution in [2.45, 2.75) is 31.7 Å². The van der Waals surface area contributed by atoms with Crippen LogP contribution in [0.1, 0.15) is 31.7 Å². The summed E-state index contributed by atoms with van der Waals surface area (Å²) >= 11 is 0. The molecule has 24 heavy (non-hydrogen) atoms. The molecule has 0 bridgehead atoms. The van der Waals surface area contributed by atoms with E-state index in [0.717, 1.165) is 43.0 Å². The molecule has 124 valence electrons. The molecule has 4 rings (SSSR count). The van der Waals surface area contributed by atoms with Gasteiger partial charge in [-0.3, -0.25) is 9.67 Å². The molecular formula is C18H20FN5. The van der Waals surface area contributed by atoms with Crippen molar-refractivity contribution < 1.29 is 4.39 Å². The summed E-state index contributed by atoms with van der Waals surface area (Å²) in [6.07, 6.45) is 10.2. The van der Waals surface area contributed by atoms with E-state index in [0.29, 0.717) is 17.1 Å². The Bertz CT molecular complexity index is 853. The number of hydrogen-bond acceptors (Lipinski definition) is 4. The molecule has 0 aliphatic heterocycles. The fourth-order valence-corrected chi connectivity index (χ4v) is 3.35. The minimum absolute atomic E-state index is 0.303. The number of nitrogens with two attached hydrogens (primary N) is 1. The molecule has 2 N–H and O–H groups in total. The third kappa shape index (κ3) is 2.89. The zero-order valence-electron chi connectivity index (χ0n) is 13.4. The zero-order chi connectivity index (χ0) is 16.5. The van der Waals surface area contributed by atoms with E-state index >= 15 is 0 Å². The van der Waals surface area contributed by atoms with Crippen molar-refractivity contribution in [2.24, 2.45) is 11.7 Å². The van der Waals surface area contributed by atoms with Crippen molar-refractivity contribution in [2.75, 3.05) is 6.54 Å². The molecule has 0 atom stereocenters. The Morgan fingerprint density at radius 3 is 2.92 bits per heavy atom. The minimum Gasteiger partial charge on any atom is -0.330 e. The highest BCUT2D eigenvalue weighted by Crippen LogP contribution is 2.40. The van der Waals surface area contributed by atoms with Gasteiger partial charge in [0.05, 0.1) is 35.2 Å². The normalized spacial score (nSPS) is 20.2. The largest absolute Gasteiger partial charge is 0.330 e. The van der Waals surface area contributed by atoms with Crippen LogP contribution in [0.25, 0.3) is 22.3 Å². The second kappa shape index (κ2) is 6.28. The Balaban J connectivity index is 1.51. The van der Waals surface area contributed by atoms with Crippen molar-refractivity contribution in [1.29, 1.82) is 0 Å². The van der Waals surface area contributed by atoms with Crippen molar-refractivity contribution in [3.05, 3.63) is 42.6 Å². The first-order valence-electron chi connectivity index (χ1n) is 8.40. The molecule has 0 radical (unpaired) electrons. The van der Waals surface area contributed by atoms with Crippen molar-refractivity contribution >= 4 is 11.0 Å². The van der Waals surface area contributed by atoms with Gasteiger partial charge in [-0.25, -0.2) is 9.37 Å². The fraction of sp³-hybridized carbons (Fsp3) is 0.389. The maximum Gasteiger partial charge on any atom is 0.125 e. The molecule has 2 heterocycles. The summed E-state index contributed by atoms with van der Waals surface area (Å²) in [4.78, 5) is 8.86. The van der Waals surface area contributed by atoms with Crippen LogP contribution in [-0.2, 0) is 0 Å². The van der Waals surface area contributed by atoms with E-state index in [4.69, 9.17) is 5.73 Å². The van der Waals surface area contributed by atoms with Crippen LogP contribution in [0.15, 0.2) is 36.8 Å². The quantitative estimate of drug-likeness (QED) is 0.781. The Hall–Kier alpha value is -2.34. The van der Waals surface area contributed by atoms with Gasteiger partial charge in [-0.15, -0.1) is 0 Å². The van der Waals surface area contributed by atoms with Crippen molar-refractivity contribution in [3.63, 3.8) is 0 Å². The van der Waals surface area contributed by atoms with Gasteiger partial charge in [0.15, 0.2) is 0 Å². The fourth-order valence-electron chi connectivity index (χ4n) is 3.35. The van der Waals surface area contributed by atoms with Gasteiger partial charge < -0.3 is 5.73 Å². The molecule has 0 unspecified atom stereocenters. The average molecular weight is 325 g/mol. The zero-order valence-corrected chi connectivity index (χ0v) is 13.4. The summed E-state index contributed by atoms with van der Waals surface area (Å²) in [5, 5.41) is 4.48. The minimum atomic E-state index is -0.303. The second-order valence-corrected chi connectivity index (χ2v) is 6.52. The van der Waals surface area contributed by atoms with Gasteiger partial charge in [-0.05, 0) is 50.3 Å². The molecule has 0 spiro atoms. The SMILES string of the molecule is NCCCC1CC(n2cc(-c3cnc4ccc(F)cc4n3)cn2)C1. The Morgan fingerprint density at radius 1 is 1.21 bits per heavy atom. The lowest BCUT2D eigenvalue weighted by molar-refractivity contribution is 0.171. The molecule has 0 amide bonds. The van der Waals surface area contributed by atoms with E-state index in [-0.39, 0.29) is 5.82 Å². The van der Waals surface area contributed by atoms with Gasteiger partial charge in [-0.2, -0.15) is 5.10 Å². The third-order valence-electron chi connectivity index (χ3n) is 4.80. The summed E-state index contributed by atoms with van der Waals surface area (Å²) in [6, 6.07) is 4.91. The van der Waals surface area contributed by atoms with Crippen LogP contribution in [0.3, 0.4) is 0 Å². The van der Waals surface area contributed by atoms with Crippen LogP contribution in [0.2, 0.25) is 0 Å². The van der Waals surface area contributed by atoms with Crippen molar-refractivity contribution in [1.82, 2.24) is 19.7 Å². The van der Waals surface area contributed by atoms with Crippen LogP contribution < -0.4 is 5.73 Å². The first-order chi connectivity index (χ1) is 11.7. The molecule has 2 aromatic heterocycles. The number of aromatic nitrogens is 4. The average Bonchev–Trinajstić information content (AvgIpc) is 3.02. The van der Waals surface area contributed by atoms with E-state index in [1.807, 2.05) is 17.1 Å². The summed E-state index contributed by atoms with van der Waals surface area (Å²) in [5.41, 5.74) is 8.45. The van der Waals surface area contributed by atoms with E-state index in [1.165, 1.54) is 18.6 Å². The highest BCUT2D eigenvalue weighted by Gasteiger charge is 2.30. The van der Waals surface area contributed by atoms with E-state index in [9.17, 15) is 4.39 Å². The van der Waals surface area contributed by atoms with E-state index < -0.39 is 0 Å². The lowest BCUT2D eigenvalue weighted by atomic mass is 9.77. The standard InChI is InChI=1S/C18H20FN5/c19-14-3-4-16-17(8-14)23-18(10-21-16)13-9-22-24(11-13)15-6-12(7-15)2-1-5-20/h3-4,8-12,15H,1-2,5-7,20H2. The first kappa shape index (κ1) is 15.2. The van der Waals surface area contributed by atoms with Gasteiger partial charge in [-0.1, -0.05) is 0 Å². The number of nitrogens with zero attached hydrogens (tertiary/aromatic N) is 4. The molecule has 1 aromatic carbocycles. The number of halogens is 1. The van der Waals surface area contributed by atoms with Gasteiger partial charge >= 0.3 is 0 Å². The number of hydrogen-bond donors (Lipinski definition) is 1. The van der Waals surface area contributed by atoms with Crippen LogP contribution in [0.4, 0.5) is 4.39 Å². The Kier molecular flexibility index (Phi) is 3.98. The summed E-state index contributed by atoms with van der Waals surface area (Å²) in [5.74, 6) is 0.470. The topological polar surface area (TPSA) is 69.6 Å². The summed E-state index contributed by atoms with van der Waals surface area (Å²) < 4.78 is 15.4.